The first-order valence-electron chi connectivity index (χ1n) is 17.7. The molecule has 0 bridgehead atoms. The van der Waals surface area contributed by atoms with E-state index in [0.717, 1.165) is 0 Å². The Morgan fingerprint density at radius 1 is 0.440 bits per heavy atom. The fourth-order valence-electron chi connectivity index (χ4n) is 9.59. The van der Waals surface area contributed by atoms with Crippen LogP contribution in [0.2, 0.25) is 0 Å². The number of aromatic nitrogens is 1. The zero-order valence-electron chi connectivity index (χ0n) is 27.5. The van der Waals surface area contributed by atoms with Crippen LogP contribution in [0.15, 0.2) is 188 Å². The van der Waals surface area contributed by atoms with Gasteiger partial charge in [-0.3, -0.25) is 4.90 Å². The lowest BCUT2D eigenvalue weighted by molar-refractivity contribution is 0.363. The molecule has 0 radical (unpaired) electrons. The second kappa shape index (κ2) is 10.5. The molecule has 0 N–H and O–H groups in total. The maximum Gasteiger partial charge on any atom is 0.108 e. The molecule has 1 aliphatic carbocycles. The zero-order valence-corrected chi connectivity index (χ0v) is 27.5. The number of benzene rings is 7. The SMILES string of the molecule is C1=C(c2ccccc2)C2C(c3ccccc3)N2C1n1c2ccccc2c2ccc(C3(c4ccccc4)c4ccccc4-c4ccccc43)cc21. The highest BCUT2D eigenvalue weighted by molar-refractivity contribution is 6.09. The Balaban J connectivity index is 1.19. The number of nitrogens with zero attached hydrogens (tertiary/aromatic N) is 2. The highest BCUT2D eigenvalue weighted by Gasteiger charge is 2.58. The Morgan fingerprint density at radius 3 is 1.74 bits per heavy atom. The summed E-state index contributed by atoms with van der Waals surface area (Å²) in [6, 6.07) is 68.2. The van der Waals surface area contributed by atoms with E-state index in [1.54, 1.807) is 0 Å². The van der Waals surface area contributed by atoms with Crippen molar-refractivity contribution in [2.75, 3.05) is 0 Å². The molecule has 3 heterocycles. The van der Waals surface area contributed by atoms with Gasteiger partial charge >= 0.3 is 0 Å². The molecule has 7 aromatic carbocycles. The lowest BCUT2D eigenvalue weighted by Gasteiger charge is -2.34. The van der Waals surface area contributed by atoms with E-state index in [1.165, 1.54) is 71.9 Å². The minimum Gasteiger partial charge on any atom is -0.320 e. The molecule has 4 unspecified atom stereocenters. The van der Waals surface area contributed by atoms with Crippen LogP contribution < -0.4 is 0 Å². The number of para-hydroxylation sites is 1. The molecule has 0 spiro atoms. The van der Waals surface area contributed by atoms with Gasteiger partial charge in [-0.05, 0) is 68.3 Å². The molecule has 1 aromatic heterocycles. The van der Waals surface area contributed by atoms with Crippen molar-refractivity contribution in [3.63, 3.8) is 0 Å². The van der Waals surface area contributed by atoms with Gasteiger partial charge in [-0.25, -0.2) is 0 Å². The van der Waals surface area contributed by atoms with Crippen LogP contribution in [-0.2, 0) is 5.41 Å². The first kappa shape index (κ1) is 27.9. The summed E-state index contributed by atoms with van der Waals surface area (Å²) < 4.78 is 2.63. The van der Waals surface area contributed by atoms with Crippen LogP contribution >= 0.6 is 0 Å². The van der Waals surface area contributed by atoms with Crippen LogP contribution in [0.1, 0.15) is 45.6 Å². The molecule has 1 fully saturated rings. The van der Waals surface area contributed by atoms with E-state index >= 15 is 0 Å². The molecule has 2 nitrogen and oxygen atoms in total. The summed E-state index contributed by atoms with van der Waals surface area (Å²) in [4.78, 5) is 2.71. The molecule has 50 heavy (non-hydrogen) atoms. The highest BCUT2D eigenvalue weighted by atomic mass is 15.5. The van der Waals surface area contributed by atoms with Gasteiger partial charge in [0.15, 0.2) is 0 Å². The molecule has 0 saturated carbocycles. The van der Waals surface area contributed by atoms with Crippen LogP contribution in [-0.4, -0.2) is 15.5 Å². The molecule has 236 valence electrons. The summed E-state index contributed by atoms with van der Waals surface area (Å²) in [5.74, 6) is 0. The largest absolute Gasteiger partial charge is 0.320 e. The first-order valence-corrected chi connectivity index (χ1v) is 17.7. The predicted molar refractivity (Wildman–Crippen MR) is 205 cm³/mol. The van der Waals surface area contributed by atoms with E-state index in [9.17, 15) is 0 Å². The fraction of sp³-hybridized carbons (Fsp3) is 0.0833. The van der Waals surface area contributed by atoms with Crippen LogP contribution in [0.3, 0.4) is 0 Å². The third kappa shape index (κ3) is 3.72. The lowest BCUT2D eigenvalue weighted by Crippen LogP contribution is -2.28. The number of fused-ring (bicyclic) bond motifs is 7. The van der Waals surface area contributed by atoms with Gasteiger partial charge in [-0.2, -0.15) is 0 Å². The number of rotatable bonds is 5. The van der Waals surface area contributed by atoms with E-state index in [2.05, 4.69) is 198 Å². The quantitative estimate of drug-likeness (QED) is 0.170. The molecule has 8 aromatic rings. The van der Waals surface area contributed by atoms with Crippen molar-refractivity contribution < 1.29 is 0 Å². The third-order valence-electron chi connectivity index (χ3n) is 11.6. The van der Waals surface area contributed by atoms with Crippen molar-refractivity contribution in [2.45, 2.75) is 23.7 Å². The number of hydrogen-bond donors (Lipinski definition) is 0. The molecular weight excluding hydrogens is 605 g/mol. The van der Waals surface area contributed by atoms with E-state index in [4.69, 9.17) is 0 Å². The van der Waals surface area contributed by atoms with Crippen molar-refractivity contribution in [3.8, 4) is 11.1 Å². The van der Waals surface area contributed by atoms with Gasteiger partial charge in [0.1, 0.15) is 6.17 Å². The van der Waals surface area contributed by atoms with Gasteiger partial charge in [0.2, 0.25) is 0 Å². The summed E-state index contributed by atoms with van der Waals surface area (Å²) in [7, 11) is 0. The van der Waals surface area contributed by atoms with Crippen LogP contribution in [0, 0.1) is 0 Å². The van der Waals surface area contributed by atoms with Gasteiger partial charge in [-0.15, -0.1) is 0 Å². The van der Waals surface area contributed by atoms with Crippen molar-refractivity contribution in [3.05, 3.63) is 221 Å². The Hall–Kier alpha value is -5.96. The summed E-state index contributed by atoms with van der Waals surface area (Å²) in [5.41, 5.74) is 14.1. The van der Waals surface area contributed by atoms with Crippen molar-refractivity contribution in [1.82, 2.24) is 9.47 Å². The van der Waals surface area contributed by atoms with Crippen LogP contribution in [0.5, 0.6) is 0 Å². The van der Waals surface area contributed by atoms with E-state index in [1.807, 2.05) is 0 Å². The third-order valence-corrected chi connectivity index (χ3v) is 11.6. The predicted octanol–water partition coefficient (Wildman–Crippen LogP) is 11.2. The molecule has 3 aliphatic rings. The lowest BCUT2D eigenvalue weighted by atomic mass is 9.67. The molecule has 2 aliphatic heterocycles. The summed E-state index contributed by atoms with van der Waals surface area (Å²) in [5, 5.41) is 2.59. The monoisotopic (exact) mass is 638 g/mol. The average Bonchev–Trinajstić information content (AvgIpc) is 3.50. The zero-order chi connectivity index (χ0) is 32.8. The fourth-order valence-corrected chi connectivity index (χ4v) is 9.59. The van der Waals surface area contributed by atoms with E-state index < -0.39 is 5.41 Å². The summed E-state index contributed by atoms with van der Waals surface area (Å²) in [6.07, 6.45) is 2.61. The first-order chi connectivity index (χ1) is 24.8. The Kier molecular flexibility index (Phi) is 5.88. The molecule has 4 atom stereocenters. The average molecular weight is 639 g/mol. The maximum atomic E-state index is 2.71. The Labute approximate surface area is 292 Å². The Morgan fingerprint density at radius 2 is 1.02 bits per heavy atom. The standard InChI is InChI=1S/C48H34N2/c1-4-16-32(17-5-1)40-31-45(50-46(47(40)50)33-18-6-2-7-19-33)49-43-27-15-12-24-38(43)39-29-28-35(30-44(39)49)48(34-20-8-3-9-21-34)41-25-13-10-22-36(41)37-23-11-14-26-42(37)48/h1-31,45-47H. The minimum absolute atomic E-state index is 0.0777. The number of hydrogen-bond acceptors (Lipinski definition) is 1. The Bertz CT molecular complexity index is 2570. The van der Waals surface area contributed by atoms with Crippen LogP contribution in [0.25, 0.3) is 38.5 Å². The maximum absolute atomic E-state index is 2.71. The smallest absolute Gasteiger partial charge is 0.108 e. The highest BCUT2D eigenvalue weighted by Crippen LogP contribution is 2.61. The minimum atomic E-state index is -0.445. The second-order valence-corrected chi connectivity index (χ2v) is 14.0. The van der Waals surface area contributed by atoms with E-state index in [0.29, 0.717) is 12.1 Å². The molecular formula is C48H34N2. The van der Waals surface area contributed by atoms with Gasteiger partial charge in [-0.1, -0.05) is 170 Å². The van der Waals surface area contributed by atoms with Crippen molar-refractivity contribution in [1.29, 1.82) is 0 Å². The topological polar surface area (TPSA) is 7.94 Å². The van der Waals surface area contributed by atoms with Gasteiger partial charge in [0, 0.05) is 10.8 Å². The van der Waals surface area contributed by atoms with Crippen molar-refractivity contribution >= 4 is 27.4 Å². The summed E-state index contributed by atoms with van der Waals surface area (Å²) in [6.45, 7) is 0. The molecule has 0 amide bonds. The molecule has 1 saturated heterocycles. The summed E-state index contributed by atoms with van der Waals surface area (Å²) >= 11 is 0. The van der Waals surface area contributed by atoms with Gasteiger partial charge in [0.25, 0.3) is 0 Å². The van der Waals surface area contributed by atoms with Crippen molar-refractivity contribution in [2.24, 2.45) is 0 Å². The van der Waals surface area contributed by atoms with Crippen LogP contribution in [0.4, 0.5) is 0 Å². The second-order valence-electron chi connectivity index (χ2n) is 14.0. The van der Waals surface area contributed by atoms with E-state index in [-0.39, 0.29) is 6.17 Å². The normalized spacial score (nSPS) is 21.1. The molecule has 11 rings (SSSR count). The van der Waals surface area contributed by atoms with Gasteiger partial charge < -0.3 is 4.57 Å². The molecule has 2 heteroatoms. The van der Waals surface area contributed by atoms with Gasteiger partial charge in [0.05, 0.1) is 28.5 Å².